The highest BCUT2D eigenvalue weighted by Gasteiger charge is 2.30. The van der Waals surface area contributed by atoms with Gasteiger partial charge in [0.1, 0.15) is 0 Å². The highest BCUT2D eigenvalue weighted by atomic mass is 79.9. The molecule has 0 saturated carbocycles. The summed E-state index contributed by atoms with van der Waals surface area (Å²) in [5.74, 6) is 0. The van der Waals surface area contributed by atoms with Gasteiger partial charge in [-0.05, 0) is 43.2 Å². The first-order chi connectivity index (χ1) is 12.9. The normalized spacial score (nSPS) is 18.2. The molecule has 0 aliphatic carbocycles. The van der Waals surface area contributed by atoms with Crippen molar-refractivity contribution in [3.8, 4) is 0 Å². The first-order valence-corrected chi connectivity index (χ1v) is 11.3. The number of benzene rings is 2. The van der Waals surface area contributed by atoms with Crippen molar-refractivity contribution in [2.45, 2.75) is 30.8 Å². The van der Waals surface area contributed by atoms with Gasteiger partial charge < -0.3 is 4.74 Å². The van der Waals surface area contributed by atoms with Crippen LogP contribution in [0.4, 0.5) is 0 Å². The molecule has 1 N–H and O–H groups in total. The Bertz CT molecular complexity index is 868. The van der Waals surface area contributed by atoms with Crippen LogP contribution in [0.3, 0.4) is 0 Å². The number of nitrogens with one attached hydrogen (secondary N) is 1. The van der Waals surface area contributed by atoms with Gasteiger partial charge in [0, 0.05) is 23.6 Å². The van der Waals surface area contributed by atoms with Crippen LogP contribution < -0.4 is 4.72 Å². The summed E-state index contributed by atoms with van der Waals surface area (Å²) in [5.41, 5.74) is 1.99. The van der Waals surface area contributed by atoms with E-state index in [1.807, 2.05) is 32.0 Å². The summed E-state index contributed by atoms with van der Waals surface area (Å²) in [6.45, 7) is 6.69. The number of hydrogen-bond donors (Lipinski definition) is 1. The summed E-state index contributed by atoms with van der Waals surface area (Å²) >= 11 is 3.42. The fourth-order valence-corrected chi connectivity index (χ4v) is 5.06. The van der Waals surface area contributed by atoms with Gasteiger partial charge in [0.2, 0.25) is 10.0 Å². The van der Waals surface area contributed by atoms with Crippen molar-refractivity contribution in [3.63, 3.8) is 0 Å². The van der Waals surface area contributed by atoms with Crippen LogP contribution >= 0.6 is 15.9 Å². The third-order valence-electron chi connectivity index (χ3n) is 4.83. The molecule has 5 nitrogen and oxygen atoms in total. The zero-order chi connectivity index (χ0) is 19.4. The summed E-state index contributed by atoms with van der Waals surface area (Å²) in [7, 11) is -3.62. The summed E-state index contributed by atoms with van der Waals surface area (Å²) in [4.78, 5) is 2.57. The van der Waals surface area contributed by atoms with Crippen molar-refractivity contribution in [2.75, 3.05) is 26.3 Å². The molecule has 146 valence electrons. The summed E-state index contributed by atoms with van der Waals surface area (Å²) in [5, 5.41) is 0. The van der Waals surface area contributed by atoms with Gasteiger partial charge in [-0.25, -0.2) is 13.1 Å². The number of aryl methyl sites for hydroxylation is 1. The van der Waals surface area contributed by atoms with Crippen LogP contribution in [0.15, 0.2) is 57.9 Å². The predicted molar refractivity (Wildman–Crippen MR) is 110 cm³/mol. The number of hydrogen-bond acceptors (Lipinski definition) is 4. The fraction of sp³-hybridized carbons (Fsp3) is 0.400. The fourth-order valence-electron chi connectivity index (χ4n) is 3.48. The molecule has 27 heavy (non-hydrogen) atoms. The Balaban J connectivity index is 1.87. The first kappa shape index (κ1) is 20.5. The molecule has 0 aromatic heterocycles. The number of ether oxygens (including phenoxy) is 1. The Labute approximate surface area is 169 Å². The van der Waals surface area contributed by atoms with E-state index in [9.17, 15) is 8.42 Å². The first-order valence-electron chi connectivity index (χ1n) is 9.04. The van der Waals surface area contributed by atoms with E-state index in [4.69, 9.17) is 4.74 Å². The maximum absolute atomic E-state index is 13.0. The molecule has 1 heterocycles. The molecule has 0 bridgehead atoms. The third kappa shape index (κ3) is 4.97. The number of halogens is 1. The Kier molecular flexibility index (Phi) is 6.70. The highest BCUT2D eigenvalue weighted by Crippen LogP contribution is 2.27. The van der Waals surface area contributed by atoms with Gasteiger partial charge in [0.15, 0.2) is 0 Å². The van der Waals surface area contributed by atoms with E-state index in [0.29, 0.717) is 13.2 Å². The van der Waals surface area contributed by atoms with Crippen LogP contribution in [-0.4, -0.2) is 45.7 Å². The molecule has 1 aliphatic heterocycles. The van der Waals surface area contributed by atoms with Crippen LogP contribution in [0.1, 0.15) is 24.1 Å². The molecule has 1 fully saturated rings. The molecule has 0 spiro atoms. The van der Waals surface area contributed by atoms with Gasteiger partial charge in [0.25, 0.3) is 0 Å². The van der Waals surface area contributed by atoms with Crippen molar-refractivity contribution in [3.05, 3.63) is 64.1 Å². The van der Waals surface area contributed by atoms with Crippen molar-refractivity contribution in [1.29, 1.82) is 0 Å². The van der Waals surface area contributed by atoms with Gasteiger partial charge in [-0.15, -0.1) is 0 Å². The molecule has 0 amide bonds. The van der Waals surface area contributed by atoms with Gasteiger partial charge in [0.05, 0.1) is 24.2 Å². The monoisotopic (exact) mass is 452 g/mol. The number of rotatable bonds is 6. The van der Waals surface area contributed by atoms with Crippen LogP contribution in [0.25, 0.3) is 0 Å². The number of nitrogens with zero attached hydrogens (tertiary/aromatic N) is 1. The summed E-state index contributed by atoms with van der Waals surface area (Å²) < 4.78 is 35.2. The van der Waals surface area contributed by atoms with Crippen molar-refractivity contribution in [2.24, 2.45) is 0 Å². The van der Waals surface area contributed by atoms with Gasteiger partial charge in [-0.1, -0.05) is 46.3 Å². The van der Waals surface area contributed by atoms with Crippen molar-refractivity contribution < 1.29 is 13.2 Å². The Hall–Kier alpha value is -1.25. The second-order valence-corrected chi connectivity index (χ2v) is 9.39. The molecule has 2 aromatic rings. The molecule has 2 atom stereocenters. The maximum atomic E-state index is 13.0. The standard InChI is InChI=1S/C20H25BrN2O3S/c1-15-14-18(8-9-19(15)21)27(24,25)22-16(2)20(17-6-4-3-5-7-17)23-10-12-26-13-11-23/h3-9,14,16,20,22H,10-13H2,1-2H3/t16-,20-/m0/s1. The number of sulfonamides is 1. The summed E-state index contributed by atoms with van der Waals surface area (Å²) in [6, 6.07) is 14.8. The molecule has 0 radical (unpaired) electrons. The van der Waals surface area contributed by atoms with E-state index in [1.165, 1.54) is 0 Å². The van der Waals surface area contributed by atoms with E-state index in [-0.39, 0.29) is 17.0 Å². The van der Waals surface area contributed by atoms with Gasteiger partial charge in [-0.3, -0.25) is 4.90 Å². The second-order valence-electron chi connectivity index (χ2n) is 6.82. The average molecular weight is 453 g/mol. The minimum Gasteiger partial charge on any atom is -0.379 e. The topological polar surface area (TPSA) is 58.6 Å². The van der Waals surface area contributed by atoms with Crippen molar-refractivity contribution in [1.82, 2.24) is 9.62 Å². The van der Waals surface area contributed by atoms with Crippen LogP contribution in [0.2, 0.25) is 0 Å². The van der Waals surface area contributed by atoms with Crippen molar-refractivity contribution >= 4 is 26.0 Å². The molecule has 0 unspecified atom stereocenters. The minimum atomic E-state index is -3.62. The van der Waals surface area contributed by atoms with Crippen LogP contribution in [-0.2, 0) is 14.8 Å². The van der Waals surface area contributed by atoms with E-state index >= 15 is 0 Å². The predicted octanol–water partition coefficient (Wildman–Crippen LogP) is 3.50. The highest BCUT2D eigenvalue weighted by molar-refractivity contribution is 9.10. The SMILES string of the molecule is Cc1cc(S(=O)(=O)N[C@@H](C)[C@@H](c2ccccc2)N2CCOCC2)ccc1Br. The van der Waals surface area contributed by atoms with Gasteiger partial charge in [-0.2, -0.15) is 0 Å². The third-order valence-corrected chi connectivity index (χ3v) is 7.28. The molecule has 7 heteroatoms. The molecular weight excluding hydrogens is 428 g/mol. The lowest BCUT2D eigenvalue weighted by Crippen LogP contribution is -2.48. The number of morpholine rings is 1. The quantitative estimate of drug-likeness (QED) is 0.728. The molecule has 3 rings (SSSR count). The lowest BCUT2D eigenvalue weighted by molar-refractivity contribution is 0.0105. The lowest BCUT2D eigenvalue weighted by Gasteiger charge is -2.38. The second kappa shape index (κ2) is 8.84. The van der Waals surface area contributed by atoms with E-state index in [2.05, 4.69) is 37.7 Å². The van der Waals surface area contributed by atoms with E-state index in [0.717, 1.165) is 28.7 Å². The van der Waals surface area contributed by atoms with Crippen LogP contribution in [0, 0.1) is 6.92 Å². The Morgan fingerprint density at radius 1 is 1.11 bits per heavy atom. The zero-order valence-corrected chi connectivity index (χ0v) is 18.0. The van der Waals surface area contributed by atoms with Crippen LogP contribution in [0.5, 0.6) is 0 Å². The molecule has 1 aliphatic rings. The largest absolute Gasteiger partial charge is 0.379 e. The van der Waals surface area contributed by atoms with E-state index < -0.39 is 10.0 Å². The maximum Gasteiger partial charge on any atom is 0.240 e. The smallest absolute Gasteiger partial charge is 0.240 e. The lowest BCUT2D eigenvalue weighted by atomic mass is 9.99. The Morgan fingerprint density at radius 3 is 2.41 bits per heavy atom. The van der Waals surface area contributed by atoms with E-state index in [1.54, 1.807) is 18.2 Å². The Morgan fingerprint density at radius 2 is 1.78 bits per heavy atom. The minimum absolute atomic E-state index is 0.0542. The molecule has 1 saturated heterocycles. The average Bonchev–Trinajstić information content (AvgIpc) is 2.65. The zero-order valence-electron chi connectivity index (χ0n) is 15.6. The summed E-state index contributed by atoms with van der Waals surface area (Å²) in [6.07, 6.45) is 0. The molecule has 2 aromatic carbocycles. The molecular formula is C20H25BrN2O3S. The van der Waals surface area contributed by atoms with Gasteiger partial charge >= 0.3 is 0 Å².